The van der Waals surface area contributed by atoms with Crippen molar-refractivity contribution >= 4 is 22.6 Å². The van der Waals surface area contributed by atoms with E-state index in [0.29, 0.717) is 34.7 Å². The summed E-state index contributed by atoms with van der Waals surface area (Å²) in [6.45, 7) is 11.7. The van der Waals surface area contributed by atoms with E-state index in [1.165, 1.54) is 0 Å². The van der Waals surface area contributed by atoms with Gasteiger partial charge < -0.3 is 24.8 Å². The Morgan fingerprint density at radius 1 is 0.712 bits per heavy atom. The molecule has 4 saturated heterocycles. The van der Waals surface area contributed by atoms with E-state index in [2.05, 4.69) is 64.4 Å². The number of H-pyrrole nitrogens is 2. The number of likely N-dealkylation sites (tertiary alicyclic amines) is 1. The average Bonchev–Trinajstić information content (AvgIpc) is 4.09. The lowest BCUT2D eigenvalue weighted by Gasteiger charge is -2.21. The van der Waals surface area contributed by atoms with Crippen LogP contribution in [0.15, 0.2) is 58.6 Å². The minimum absolute atomic E-state index is 0.102. The molecule has 10 rings (SSSR count). The highest BCUT2D eigenvalue weighted by Crippen LogP contribution is 2.32. The number of aromatic nitrogens is 12. The fraction of sp³-hybridized carbons (Fsp3) is 0.550. The van der Waals surface area contributed by atoms with Gasteiger partial charge in [-0.2, -0.15) is 30.6 Å². The predicted octanol–water partition coefficient (Wildman–Crippen LogP) is 3.19. The maximum Gasteiger partial charge on any atom is 0.276 e. The number of hydrogen-bond acceptors (Lipinski definition) is 14. The van der Waals surface area contributed by atoms with Gasteiger partial charge in [0.15, 0.2) is 11.0 Å². The summed E-state index contributed by atoms with van der Waals surface area (Å²) in [5.41, 5.74) is 2.58. The van der Waals surface area contributed by atoms with Crippen LogP contribution in [0.4, 0.5) is 0 Å². The molecular formula is C40H51ClN14O4. The van der Waals surface area contributed by atoms with E-state index in [-0.39, 0.29) is 28.9 Å². The van der Waals surface area contributed by atoms with Gasteiger partial charge in [-0.15, -0.1) is 11.6 Å². The van der Waals surface area contributed by atoms with Gasteiger partial charge in [0, 0.05) is 88.7 Å². The number of nitrogens with zero attached hydrogens (tertiary/aromatic N) is 11. The molecule has 4 atom stereocenters. The van der Waals surface area contributed by atoms with Crippen LogP contribution in [0, 0.1) is 11.8 Å². The molecule has 0 amide bonds. The number of alkyl halides is 1. The smallest absolute Gasteiger partial charge is 0.276 e. The van der Waals surface area contributed by atoms with Crippen LogP contribution in [0.25, 0.3) is 11.0 Å². The normalized spacial score (nSPS) is 22.9. The Kier molecular flexibility index (Phi) is 13.1. The van der Waals surface area contributed by atoms with Crippen molar-refractivity contribution in [3.05, 3.63) is 104 Å². The van der Waals surface area contributed by atoms with Crippen molar-refractivity contribution in [2.45, 2.75) is 75.6 Å². The van der Waals surface area contributed by atoms with E-state index in [1.807, 2.05) is 24.3 Å². The molecule has 10 heterocycles. The van der Waals surface area contributed by atoms with Crippen molar-refractivity contribution in [2.75, 3.05) is 52.6 Å². The van der Waals surface area contributed by atoms with E-state index in [1.54, 1.807) is 33.8 Å². The van der Waals surface area contributed by atoms with Gasteiger partial charge in [-0.3, -0.25) is 14.5 Å². The van der Waals surface area contributed by atoms with Gasteiger partial charge in [0.1, 0.15) is 23.3 Å². The number of fused-ring (bicyclic) bond motifs is 2. The first-order valence-electron chi connectivity index (χ1n) is 20.5. The first-order valence-corrected chi connectivity index (χ1v) is 21.0. The summed E-state index contributed by atoms with van der Waals surface area (Å²) in [6, 6.07) is 7.54. The van der Waals surface area contributed by atoms with E-state index >= 15 is 0 Å². The second kappa shape index (κ2) is 18.9. The summed E-state index contributed by atoms with van der Waals surface area (Å²) in [5, 5.41) is 28.4. The van der Waals surface area contributed by atoms with E-state index in [9.17, 15) is 9.59 Å². The van der Waals surface area contributed by atoms with Crippen LogP contribution in [0.1, 0.15) is 97.9 Å². The third kappa shape index (κ3) is 9.41. The Balaban J connectivity index is 0.000000142. The van der Waals surface area contributed by atoms with Crippen molar-refractivity contribution in [2.24, 2.45) is 11.8 Å². The van der Waals surface area contributed by atoms with Gasteiger partial charge in [-0.25, -0.2) is 19.0 Å². The molecule has 312 valence electrons. The number of rotatable bonds is 7. The zero-order chi connectivity index (χ0) is 40.7. The molecule has 4 fully saturated rings. The lowest BCUT2D eigenvalue weighted by Crippen LogP contribution is -2.24. The number of ether oxygens (including phenoxy) is 2. The summed E-state index contributed by atoms with van der Waals surface area (Å²) in [5.74, 6) is 5.56. The first kappa shape index (κ1) is 40.8. The molecule has 18 nitrogen and oxygen atoms in total. The lowest BCUT2D eigenvalue weighted by molar-refractivity contribution is 0.0831. The fourth-order valence-electron chi connectivity index (χ4n) is 8.45. The number of aromatic amines is 2. The van der Waals surface area contributed by atoms with Gasteiger partial charge in [0.05, 0.1) is 29.7 Å². The van der Waals surface area contributed by atoms with Crippen molar-refractivity contribution in [1.82, 2.24) is 69.8 Å². The highest BCUT2D eigenvalue weighted by molar-refractivity contribution is 6.16. The summed E-state index contributed by atoms with van der Waals surface area (Å²) in [6.07, 6.45) is 10.3. The highest BCUT2D eigenvalue weighted by Gasteiger charge is 2.34. The Bertz CT molecular complexity index is 2390. The molecule has 0 bridgehead atoms. The van der Waals surface area contributed by atoms with Crippen LogP contribution in [0.5, 0.6) is 0 Å². The third-order valence-corrected chi connectivity index (χ3v) is 12.0. The van der Waals surface area contributed by atoms with Crippen molar-refractivity contribution in [3.8, 4) is 0 Å². The standard InChI is InChI=1S/C20H25N7O2.C15H21N5O2.C5H5ClN2/c1-13-10-26(11-15-3-2-6-22-24-15)12-16(13)18-23-20(28)17-9-21-19(27(17)25-18)14-4-7-29-8-5-14;1-9-6-16-7-11(9)13-18-15(21)12-8-17-14(20(12)19-13)10-2-4-22-5-3-10;6-4-5-2-1-3-7-8-5/h2-3,6,9,13-14,16H,4-5,7-8,10-12H2,1H3,(H,23,25,28);8-11,16H,2-7H2,1H3,(H,18,19,21);1-3H,4H2. The van der Waals surface area contributed by atoms with Gasteiger partial charge in [0.2, 0.25) is 0 Å². The largest absolute Gasteiger partial charge is 0.381 e. The first-order chi connectivity index (χ1) is 28.9. The SMILES string of the molecule is CC1CN(Cc2cccnn2)CC1c1nn2c(C3CCOCC3)ncc2c(=O)[nH]1.CC1CNCC1c1nn2c(C3CCOCC3)ncc2c(=O)[nH]1.ClCc1cccnn1. The molecule has 0 spiro atoms. The molecular weight excluding hydrogens is 776 g/mol. The summed E-state index contributed by atoms with van der Waals surface area (Å²) in [4.78, 5) is 42.4. The second-order valence-electron chi connectivity index (χ2n) is 15.9. The zero-order valence-electron chi connectivity index (χ0n) is 33.4. The molecule has 0 aromatic carbocycles. The van der Waals surface area contributed by atoms with Crippen molar-refractivity contribution in [1.29, 1.82) is 0 Å². The van der Waals surface area contributed by atoms with Crippen LogP contribution in [-0.4, -0.2) is 117 Å². The minimum Gasteiger partial charge on any atom is -0.381 e. The monoisotopic (exact) mass is 826 g/mol. The van der Waals surface area contributed by atoms with Crippen LogP contribution in [0.3, 0.4) is 0 Å². The molecule has 3 N–H and O–H groups in total. The molecule has 6 aromatic heterocycles. The Morgan fingerprint density at radius 2 is 1.25 bits per heavy atom. The molecule has 0 aliphatic carbocycles. The van der Waals surface area contributed by atoms with E-state index < -0.39 is 0 Å². The second-order valence-corrected chi connectivity index (χ2v) is 16.1. The molecule has 4 aliphatic rings. The Labute approximate surface area is 345 Å². The lowest BCUT2D eigenvalue weighted by atomic mass is 9.97. The topological polar surface area (TPSA) is 211 Å². The third-order valence-electron chi connectivity index (χ3n) is 11.8. The molecule has 4 unspecified atom stereocenters. The molecule has 4 aliphatic heterocycles. The number of imidazole rings is 2. The summed E-state index contributed by atoms with van der Waals surface area (Å²) in [7, 11) is 0. The van der Waals surface area contributed by atoms with Gasteiger partial charge in [-0.1, -0.05) is 13.8 Å². The van der Waals surface area contributed by atoms with Crippen LogP contribution >= 0.6 is 11.6 Å². The molecule has 59 heavy (non-hydrogen) atoms. The summed E-state index contributed by atoms with van der Waals surface area (Å²) >= 11 is 5.42. The van der Waals surface area contributed by atoms with Crippen LogP contribution < -0.4 is 16.4 Å². The van der Waals surface area contributed by atoms with Crippen molar-refractivity contribution < 1.29 is 9.47 Å². The Morgan fingerprint density at radius 3 is 1.73 bits per heavy atom. The number of hydrogen-bond donors (Lipinski definition) is 3. The van der Waals surface area contributed by atoms with Crippen LogP contribution in [0.2, 0.25) is 0 Å². The minimum atomic E-state index is -0.125. The Hall–Kier alpha value is -5.01. The van der Waals surface area contributed by atoms with Gasteiger partial charge >= 0.3 is 0 Å². The maximum atomic E-state index is 12.7. The average molecular weight is 827 g/mol. The molecule has 19 heteroatoms. The molecule has 0 radical (unpaired) electrons. The maximum absolute atomic E-state index is 12.7. The quantitative estimate of drug-likeness (QED) is 0.198. The highest BCUT2D eigenvalue weighted by atomic mass is 35.5. The fourth-order valence-corrected chi connectivity index (χ4v) is 8.59. The van der Waals surface area contributed by atoms with E-state index in [4.69, 9.17) is 31.3 Å². The number of halogens is 1. The molecule has 6 aromatic rings. The van der Waals surface area contributed by atoms with Crippen molar-refractivity contribution in [3.63, 3.8) is 0 Å². The predicted molar refractivity (Wildman–Crippen MR) is 218 cm³/mol. The number of nitrogens with one attached hydrogen (secondary N) is 3. The van der Waals surface area contributed by atoms with Gasteiger partial charge in [-0.05, 0) is 68.3 Å². The van der Waals surface area contributed by atoms with E-state index in [0.717, 1.165) is 120 Å². The zero-order valence-corrected chi connectivity index (χ0v) is 34.2. The van der Waals surface area contributed by atoms with Crippen LogP contribution in [-0.2, 0) is 21.9 Å². The van der Waals surface area contributed by atoms with Gasteiger partial charge in [0.25, 0.3) is 11.1 Å². The molecule has 0 saturated carbocycles. The summed E-state index contributed by atoms with van der Waals surface area (Å²) < 4.78 is 14.4.